The van der Waals surface area contributed by atoms with Gasteiger partial charge in [0.1, 0.15) is 12.5 Å². The molecule has 0 unspecified atom stereocenters. The van der Waals surface area contributed by atoms with Crippen molar-refractivity contribution in [2.24, 2.45) is 0 Å². The fraction of sp³-hybridized carbons (Fsp3) is 0.182. The third kappa shape index (κ3) is 1.75. The molecule has 1 heterocycles. The Balaban J connectivity index is 2.30. The van der Waals surface area contributed by atoms with Crippen LogP contribution >= 0.6 is 0 Å². The molecule has 1 aliphatic rings. The molecule has 1 fully saturated rings. The van der Waals surface area contributed by atoms with E-state index in [2.05, 4.69) is 0 Å². The summed E-state index contributed by atoms with van der Waals surface area (Å²) in [5.74, 6) is 1.59. The van der Waals surface area contributed by atoms with Gasteiger partial charge in [-0.15, -0.1) is 0 Å². The summed E-state index contributed by atoms with van der Waals surface area (Å²) >= 11 is 0. The first-order valence-corrected chi connectivity index (χ1v) is 4.54. The number of hydrogen-bond donors (Lipinski definition) is 0. The largest absolute Gasteiger partial charge is 0.447 e. The molecule has 0 saturated carbocycles. The molecule has 15 heavy (non-hydrogen) atoms. The maximum atomic E-state index is 11.2. The predicted molar refractivity (Wildman–Crippen MR) is 52.6 cm³/mol. The predicted octanol–water partition coefficient (Wildman–Crippen LogP) is 1.53. The van der Waals surface area contributed by atoms with Crippen molar-refractivity contribution < 1.29 is 14.3 Å². The Morgan fingerprint density at radius 3 is 2.80 bits per heavy atom. The molecular formula is C11H9NO3. The molecular weight excluding hydrogens is 194 g/mol. The number of nitrogens with zero attached hydrogens (tertiary/aromatic N) is 1. The van der Waals surface area contributed by atoms with Crippen molar-refractivity contribution in [1.29, 1.82) is 0 Å². The number of ether oxygens (including phenoxy) is 1. The Morgan fingerprint density at radius 1 is 1.40 bits per heavy atom. The first-order valence-electron chi connectivity index (χ1n) is 4.54. The maximum absolute atomic E-state index is 11.2. The Morgan fingerprint density at radius 2 is 2.13 bits per heavy atom. The highest BCUT2D eigenvalue weighted by Gasteiger charge is 2.32. The fourth-order valence-corrected chi connectivity index (χ4v) is 1.56. The average molecular weight is 203 g/mol. The summed E-state index contributed by atoms with van der Waals surface area (Å²) in [7, 11) is 0. The quantitative estimate of drug-likeness (QED) is 0.685. The van der Waals surface area contributed by atoms with E-state index in [1.807, 2.05) is 30.3 Å². The van der Waals surface area contributed by atoms with E-state index in [9.17, 15) is 9.59 Å². The van der Waals surface area contributed by atoms with Crippen LogP contribution < -0.4 is 0 Å². The number of carbonyl (C=O) groups is 1. The van der Waals surface area contributed by atoms with E-state index in [1.165, 1.54) is 4.90 Å². The third-order valence-electron chi connectivity index (χ3n) is 2.29. The van der Waals surface area contributed by atoms with Crippen LogP contribution in [-0.4, -0.2) is 23.5 Å². The molecule has 1 atom stereocenters. The lowest BCUT2D eigenvalue weighted by Crippen LogP contribution is -2.21. The molecule has 1 aliphatic heterocycles. The smallest absolute Gasteiger partial charge is 0.415 e. The Kier molecular flexibility index (Phi) is 2.52. The van der Waals surface area contributed by atoms with Gasteiger partial charge in [-0.2, -0.15) is 0 Å². The standard InChI is InChI=1S/C11H9NO3/c13-7-6-12-10(8-15-11(12)14)9-4-2-1-3-5-9/h1-6,10H,8H2/t10-/m1/s1. The van der Waals surface area contributed by atoms with Gasteiger partial charge in [0.15, 0.2) is 0 Å². The van der Waals surface area contributed by atoms with Crippen LogP contribution in [-0.2, 0) is 9.53 Å². The van der Waals surface area contributed by atoms with E-state index in [1.54, 1.807) is 5.94 Å². The van der Waals surface area contributed by atoms with E-state index >= 15 is 0 Å². The van der Waals surface area contributed by atoms with E-state index in [0.717, 1.165) is 11.8 Å². The SMILES string of the molecule is O=C=CN1C(=O)OC[C@@H]1c1ccccc1. The third-order valence-corrected chi connectivity index (χ3v) is 2.29. The molecule has 0 bridgehead atoms. The second-order valence-electron chi connectivity index (χ2n) is 3.16. The molecule has 0 radical (unpaired) electrons. The highest BCUT2D eigenvalue weighted by atomic mass is 16.6. The van der Waals surface area contributed by atoms with E-state index in [4.69, 9.17) is 4.74 Å². The summed E-state index contributed by atoms with van der Waals surface area (Å²) in [6.07, 6.45) is 0.569. The van der Waals surface area contributed by atoms with Crippen LogP contribution in [0.3, 0.4) is 0 Å². The first kappa shape index (κ1) is 9.49. The normalized spacial score (nSPS) is 19.6. The first-order chi connectivity index (χ1) is 7.33. The van der Waals surface area contributed by atoms with Crippen molar-refractivity contribution in [2.75, 3.05) is 6.61 Å². The monoisotopic (exact) mass is 203 g/mol. The van der Waals surface area contributed by atoms with Gasteiger partial charge in [0.25, 0.3) is 0 Å². The average Bonchev–Trinajstić information content (AvgIpc) is 2.63. The lowest BCUT2D eigenvalue weighted by molar-refractivity contribution is 0.166. The topological polar surface area (TPSA) is 46.6 Å². The zero-order valence-electron chi connectivity index (χ0n) is 7.92. The van der Waals surface area contributed by atoms with Gasteiger partial charge in [-0.05, 0) is 5.56 Å². The van der Waals surface area contributed by atoms with Crippen LogP contribution in [0.1, 0.15) is 11.6 Å². The van der Waals surface area contributed by atoms with Crippen LogP contribution in [0.4, 0.5) is 4.79 Å². The van der Waals surface area contributed by atoms with Crippen LogP contribution in [0.25, 0.3) is 0 Å². The van der Waals surface area contributed by atoms with Gasteiger partial charge < -0.3 is 4.74 Å². The number of hydrogen-bond acceptors (Lipinski definition) is 3. The van der Waals surface area contributed by atoms with Gasteiger partial charge in [0, 0.05) is 0 Å². The zero-order valence-corrected chi connectivity index (χ0v) is 7.92. The lowest BCUT2D eigenvalue weighted by Gasteiger charge is -2.15. The summed E-state index contributed by atoms with van der Waals surface area (Å²) < 4.78 is 4.86. The van der Waals surface area contributed by atoms with Crippen LogP contribution in [0.5, 0.6) is 0 Å². The maximum Gasteiger partial charge on any atom is 0.415 e. The number of cyclic esters (lactones) is 1. The van der Waals surface area contributed by atoms with E-state index in [-0.39, 0.29) is 12.6 Å². The molecule has 1 aromatic carbocycles. The fourth-order valence-electron chi connectivity index (χ4n) is 1.56. The second kappa shape index (κ2) is 3.98. The minimum atomic E-state index is -0.507. The summed E-state index contributed by atoms with van der Waals surface area (Å²) in [6.45, 7) is 0.265. The summed E-state index contributed by atoms with van der Waals surface area (Å²) in [4.78, 5) is 22.7. The minimum Gasteiger partial charge on any atom is -0.447 e. The van der Waals surface area contributed by atoms with Gasteiger partial charge in [0.2, 0.25) is 0 Å². The molecule has 76 valence electrons. The molecule has 0 spiro atoms. The van der Waals surface area contributed by atoms with Crippen molar-refractivity contribution in [3.8, 4) is 0 Å². The molecule has 1 amide bonds. The van der Waals surface area contributed by atoms with Crippen LogP contribution in [0, 0.1) is 0 Å². The van der Waals surface area contributed by atoms with E-state index in [0.29, 0.717) is 0 Å². The number of rotatable bonds is 2. The summed E-state index contributed by atoms with van der Waals surface area (Å²) in [6, 6.07) is 9.19. The van der Waals surface area contributed by atoms with Crippen molar-refractivity contribution in [2.45, 2.75) is 6.04 Å². The minimum absolute atomic E-state index is 0.222. The highest BCUT2D eigenvalue weighted by molar-refractivity contribution is 5.73. The van der Waals surface area contributed by atoms with Crippen molar-refractivity contribution in [3.63, 3.8) is 0 Å². The molecule has 1 saturated heterocycles. The molecule has 2 rings (SSSR count). The molecule has 0 aromatic heterocycles. The van der Waals surface area contributed by atoms with E-state index < -0.39 is 6.09 Å². The second-order valence-corrected chi connectivity index (χ2v) is 3.16. The van der Waals surface area contributed by atoms with Gasteiger partial charge in [0.05, 0.1) is 12.2 Å². The number of carbonyl (C=O) groups excluding carboxylic acids is 2. The van der Waals surface area contributed by atoms with Crippen LogP contribution in [0.15, 0.2) is 36.5 Å². The molecule has 0 aliphatic carbocycles. The van der Waals surface area contributed by atoms with Gasteiger partial charge in [-0.25, -0.2) is 9.59 Å². The Hall–Kier alpha value is -2.06. The number of benzene rings is 1. The van der Waals surface area contributed by atoms with Crippen molar-refractivity contribution >= 4 is 12.0 Å². The summed E-state index contributed by atoms with van der Waals surface area (Å²) in [5, 5.41) is 0. The van der Waals surface area contributed by atoms with Gasteiger partial charge in [-0.1, -0.05) is 30.3 Å². The molecule has 1 aromatic rings. The van der Waals surface area contributed by atoms with Gasteiger partial charge in [-0.3, -0.25) is 4.90 Å². The highest BCUT2D eigenvalue weighted by Crippen LogP contribution is 2.26. The Bertz CT molecular complexity index is 409. The molecule has 4 nitrogen and oxygen atoms in total. The lowest BCUT2D eigenvalue weighted by atomic mass is 10.1. The van der Waals surface area contributed by atoms with Crippen LogP contribution in [0.2, 0.25) is 0 Å². The number of amides is 1. The molecule has 4 heteroatoms. The Labute approximate surface area is 86.8 Å². The van der Waals surface area contributed by atoms with Crippen molar-refractivity contribution in [1.82, 2.24) is 4.90 Å². The zero-order chi connectivity index (χ0) is 10.7. The summed E-state index contributed by atoms with van der Waals surface area (Å²) in [5.41, 5.74) is 0.940. The molecule has 0 N–H and O–H groups in total. The van der Waals surface area contributed by atoms with Crippen molar-refractivity contribution in [3.05, 3.63) is 42.1 Å². The van der Waals surface area contributed by atoms with Gasteiger partial charge >= 0.3 is 6.09 Å².